The van der Waals surface area contributed by atoms with E-state index < -0.39 is 35.1 Å². The molecule has 2 fully saturated rings. The lowest BCUT2D eigenvalue weighted by Crippen LogP contribution is -2.46. The van der Waals surface area contributed by atoms with Gasteiger partial charge in [-0.2, -0.15) is 13.2 Å². The summed E-state index contributed by atoms with van der Waals surface area (Å²) in [4.78, 5) is 36.8. The van der Waals surface area contributed by atoms with Crippen molar-refractivity contribution in [3.8, 4) is 0 Å². The van der Waals surface area contributed by atoms with Crippen LogP contribution >= 0.6 is 0 Å². The van der Waals surface area contributed by atoms with Gasteiger partial charge >= 0.3 is 12.1 Å². The van der Waals surface area contributed by atoms with Gasteiger partial charge in [0, 0.05) is 19.5 Å². The Kier molecular flexibility index (Phi) is 4.41. The molecule has 3 rings (SSSR count). The summed E-state index contributed by atoms with van der Waals surface area (Å²) in [5, 5.41) is 11.6. The van der Waals surface area contributed by atoms with Crippen LogP contribution in [0.3, 0.4) is 0 Å². The van der Waals surface area contributed by atoms with E-state index in [1.54, 1.807) is 0 Å². The molecule has 0 radical (unpaired) electrons. The summed E-state index contributed by atoms with van der Waals surface area (Å²) in [5.74, 6) is -2.66. The van der Waals surface area contributed by atoms with E-state index in [9.17, 15) is 27.6 Å². The molecule has 1 heterocycles. The van der Waals surface area contributed by atoms with Gasteiger partial charge in [-0.1, -0.05) is 12.1 Å². The highest BCUT2D eigenvalue weighted by molar-refractivity contribution is 5.94. The summed E-state index contributed by atoms with van der Waals surface area (Å²) in [6.07, 6.45) is -3.85. The van der Waals surface area contributed by atoms with E-state index >= 15 is 0 Å². The minimum absolute atomic E-state index is 0.0311. The molecule has 1 saturated carbocycles. The first-order valence-electron chi connectivity index (χ1n) is 8.10. The van der Waals surface area contributed by atoms with Gasteiger partial charge in [0.1, 0.15) is 5.54 Å². The van der Waals surface area contributed by atoms with Gasteiger partial charge in [-0.3, -0.25) is 9.59 Å². The number of hydrogen-bond donors (Lipinski definition) is 2. The van der Waals surface area contributed by atoms with Crippen LogP contribution in [0.15, 0.2) is 24.3 Å². The third-order valence-electron chi connectivity index (χ3n) is 4.73. The van der Waals surface area contributed by atoms with Crippen LogP contribution in [-0.2, 0) is 27.1 Å². The molecular formula is C17H17F3N2O4. The zero-order valence-corrected chi connectivity index (χ0v) is 13.7. The van der Waals surface area contributed by atoms with Crippen LogP contribution in [0.1, 0.15) is 30.4 Å². The highest BCUT2D eigenvalue weighted by Crippen LogP contribution is 2.36. The van der Waals surface area contributed by atoms with Crippen LogP contribution in [0, 0.1) is 5.92 Å². The normalized spacial score (nSPS) is 21.6. The average molecular weight is 370 g/mol. The Balaban J connectivity index is 1.63. The molecule has 9 heteroatoms. The van der Waals surface area contributed by atoms with Crippen LogP contribution in [-0.4, -0.2) is 39.9 Å². The van der Waals surface area contributed by atoms with Crippen molar-refractivity contribution in [2.45, 2.75) is 37.5 Å². The number of carboxylic acid groups (broad SMARTS) is 1. The maximum absolute atomic E-state index is 12.8. The lowest BCUT2D eigenvalue weighted by Gasteiger charge is -2.19. The number of likely N-dealkylation sites (tertiary alicyclic amines) is 1. The summed E-state index contributed by atoms with van der Waals surface area (Å²) in [6.45, 7) is 0.0210. The summed E-state index contributed by atoms with van der Waals surface area (Å²) in [6, 6.07) is 4.68. The van der Waals surface area contributed by atoms with E-state index in [0.717, 1.165) is 12.1 Å². The first-order chi connectivity index (χ1) is 12.1. The maximum Gasteiger partial charge on any atom is 0.416 e. The van der Waals surface area contributed by atoms with E-state index in [1.165, 1.54) is 17.0 Å². The molecule has 0 bridgehead atoms. The van der Waals surface area contributed by atoms with E-state index in [4.69, 9.17) is 5.11 Å². The predicted octanol–water partition coefficient (Wildman–Crippen LogP) is 1.79. The smallest absolute Gasteiger partial charge is 0.416 e. The molecule has 140 valence electrons. The zero-order valence-electron chi connectivity index (χ0n) is 13.7. The Morgan fingerprint density at radius 3 is 2.58 bits per heavy atom. The van der Waals surface area contributed by atoms with E-state index in [1.807, 2.05) is 0 Å². The van der Waals surface area contributed by atoms with Crippen molar-refractivity contribution in [2.75, 3.05) is 6.54 Å². The summed E-state index contributed by atoms with van der Waals surface area (Å²) >= 11 is 0. The Morgan fingerprint density at radius 1 is 1.31 bits per heavy atom. The zero-order chi connectivity index (χ0) is 19.1. The van der Waals surface area contributed by atoms with Crippen LogP contribution in [0.25, 0.3) is 0 Å². The molecule has 1 aromatic carbocycles. The van der Waals surface area contributed by atoms with Gasteiger partial charge in [0.25, 0.3) is 0 Å². The van der Waals surface area contributed by atoms with Crippen molar-refractivity contribution >= 4 is 17.8 Å². The monoisotopic (exact) mass is 370 g/mol. The maximum atomic E-state index is 12.8. The molecule has 1 aliphatic heterocycles. The second-order valence-corrected chi connectivity index (χ2v) is 6.75. The van der Waals surface area contributed by atoms with Gasteiger partial charge in [-0.05, 0) is 30.5 Å². The number of hydrogen-bond acceptors (Lipinski definition) is 3. The number of alkyl halides is 3. The van der Waals surface area contributed by atoms with Gasteiger partial charge < -0.3 is 15.3 Å². The van der Waals surface area contributed by atoms with E-state index in [2.05, 4.69) is 5.32 Å². The molecule has 0 aromatic heterocycles. The van der Waals surface area contributed by atoms with Crippen LogP contribution in [0.5, 0.6) is 0 Å². The number of benzene rings is 1. The molecule has 1 aromatic rings. The van der Waals surface area contributed by atoms with Crippen LogP contribution in [0.2, 0.25) is 0 Å². The number of nitrogens with one attached hydrogen (secondary N) is 1. The third-order valence-corrected chi connectivity index (χ3v) is 4.73. The van der Waals surface area contributed by atoms with E-state index in [0.29, 0.717) is 18.4 Å². The Labute approximate surface area is 147 Å². The predicted molar refractivity (Wildman–Crippen MR) is 82.7 cm³/mol. The number of rotatable bonds is 5. The number of aliphatic carboxylic acids is 1. The highest BCUT2D eigenvalue weighted by Gasteiger charge is 2.52. The minimum Gasteiger partial charge on any atom is -0.480 e. The highest BCUT2D eigenvalue weighted by atomic mass is 19.4. The Bertz CT molecular complexity index is 759. The molecule has 1 saturated heterocycles. The molecule has 2 aliphatic rings. The second kappa shape index (κ2) is 6.30. The first kappa shape index (κ1) is 18.2. The van der Waals surface area contributed by atoms with Gasteiger partial charge in [0.15, 0.2) is 0 Å². The fraction of sp³-hybridized carbons (Fsp3) is 0.471. The second-order valence-electron chi connectivity index (χ2n) is 6.75. The van der Waals surface area contributed by atoms with Crippen molar-refractivity contribution < 1.29 is 32.7 Å². The number of carboxylic acids is 1. The number of carbonyl (C=O) groups is 3. The molecule has 1 aliphatic carbocycles. The van der Waals surface area contributed by atoms with Crippen LogP contribution in [0.4, 0.5) is 13.2 Å². The minimum atomic E-state index is -4.47. The van der Waals surface area contributed by atoms with Crippen molar-refractivity contribution in [3.05, 3.63) is 35.4 Å². The molecule has 2 amide bonds. The molecule has 1 atom stereocenters. The number of amides is 2. The number of nitrogens with zero attached hydrogens (tertiary/aromatic N) is 1. The quantitative estimate of drug-likeness (QED) is 0.827. The SMILES string of the molecule is O=C(NC1(C(=O)O)CC1)C1CC(=O)N(Cc2cccc(C(F)(F)F)c2)C1. The summed E-state index contributed by atoms with van der Waals surface area (Å²) < 4.78 is 38.3. The van der Waals surface area contributed by atoms with Crippen molar-refractivity contribution in [2.24, 2.45) is 5.92 Å². The van der Waals surface area contributed by atoms with Gasteiger partial charge in [-0.15, -0.1) is 0 Å². The fourth-order valence-corrected chi connectivity index (χ4v) is 3.02. The van der Waals surface area contributed by atoms with Crippen molar-refractivity contribution in [3.63, 3.8) is 0 Å². The largest absolute Gasteiger partial charge is 0.480 e. The van der Waals surface area contributed by atoms with Gasteiger partial charge in [-0.25, -0.2) is 4.79 Å². The Hall–Kier alpha value is -2.58. The Morgan fingerprint density at radius 2 is 2.00 bits per heavy atom. The average Bonchev–Trinajstić information content (AvgIpc) is 3.25. The molecule has 0 spiro atoms. The number of halogens is 3. The van der Waals surface area contributed by atoms with Gasteiger partial charge in [0.2, 0.25) is 11.8 Å². The molecule has 2 N–H and O–H groups in total. The molecule has 1 unspecified atom stereocenters. The summed E-state index contributed by atoms with van der Waals surface area (Å²) in [7, 11) is 0. The first-order valence-corrected chi connectivity index (χ1v) is 8.10. The molecular weight excluding hydrogens is 353 g/mol. The lowest BCUT2D eigenvalue weighted by atomic mass is 10.1. The van der Waals surface area contributed by atoms with Crippen LogP contribution < -0.4 is 5.32 Å². The standard InChI is InChI=1S/C17H17F3N2O4/c18-17(19,20)12-3-1-2-10(6-12)8-22-9-11(7-13(22)23)14(24)21-16(4-5-16)15(25)26/h1-3,6,11H,4-5,7-9H2,(H,21,24)(H,25,26). The topological polar surface area (TPSA) is 86.7 Å². The summed E-state index contributed by atoms with van der Waals surface area (Å²) in [5.41, 5.74) is -1.71. The third kappa shape index (κ3) is 3.66. The van der Waals surface area contributed by atoms with E-state index in [-0.39, 0.29) is 25.4 Å². The lowest BCUT2D eigenvalue weighted by molar-refractivity contribution is -0.143. The molecule has 6 nitrogen and oxygen atoms in total. The molecule has 26 heavy (non-hydrogen) atoms. The fourth-order valence-electron chi connectivity index (χ4n) is 3.02. The number of carbonyl (C=O) groups excluding carboxylic acids is 2. The van der Waals surface area contributed by atoms with Crippen molar-refractivity contribution in [1.29, 1.82) is 0 Å². The van der Waals surface area contributed by atoms with Crippen molar-refractivity contribution in [1.82, 2.24) is 10.2 Å². The van der Waals surface area contributed by atoms with Gasteiger partial charge in [0.05, 0.1) is 11.5 Å².